The number of hydrogen-bond acceptors (Lipinski definition) is 3. The van der Waals surface area contributed by atoms with Crippen LogP contribution >= 0.6 is 0 Å². The molecule has 0 aliphatic carbocycles. The second-order valence-corrected chi connectivity index (χ2v) is 5.94. The Bertz CT molecular complexity index is 560. The number of amides is 3. The van der Waals surface area contributed by atoms with Crippen molar-refractivity contribution in [2.45, 2.75) is 32.1 Å². The van der Waals surface area contributed by atoms with E-state index in [2.05, 4.69) is 10.6 Å². The maximum atomic E-state index is 11.8. The molecule has 0 atom stereocenters. The number of nitrogens with one attached hydrogen (secondary N) is 2. The number of rotatable bonds is 7. The molecule has 6 heteroatoms. The third kappa shape index (κ3) is 6.02. The van der Waals surface area contributed by atoms with Crippen LogP contribution in [-0.4, -0.2) is 48.8 Å². The largest absolute Gasteiger partial charge is 0.355 e. The van der Waals surface area contributed by atoms with Gasteiger partial charge in [-0.2, -0.15) is 0 Å². The Morgan fingerprint density at radius 2 is 1.83 bits per heavy atom. The van der Waals surface area contributed by atoms with Gasteiger partial charge in [-0.1, -0.05) is 24.6 Å². The lowest BCUT2D eigenvalue weighted by atomic mass is 10.2. The molecule has 1 aliphatic heterocycles. The molecule has 0 bridgehead atoms. The van der Waals surface area contributed by atoms with E-state index in [0.717, 1.165) is 32.2 Å². The minimum Gasteiger partial charge on any atom is -0.355 e. The Labute approximate surface area is 142 Å². The number of nitrogens with zero attached hydrogens (tertiary/aromatic N) is 1. The van der Waals surface area contributed by atoms with Gasteiger partial charge in [-0.25, -0.2) is 0 Å². The van der Waals surface area contributed by atoms with E-state index in [9.17, 15) is 14.4 Å². The molecule has 1 fully saturated rings. The third-order valence-electron chi connectivity index (χ3n) is 4.04. The Balaban J connectivity index is 1.59. The van der Waals surface area contributed by atoms with Crippen molar-refractivity contribution in [1.82, 2.24) is 15.5 Å². The Morgan fingerprint density at radius 1 is 1.04 bits per heavy atom. The minimum absolute atomic E-state index is 0.0453. The maximum Gasteiger partial charge on any atom is 0.251 e. The molecular formula is C18H25N3O3. The Morgan fingerprint density at radius 3 is 2.62 bits per heavy atom. The van der Waals surface area contributed by atoms with Crippen molar-refractivity contribution in [2.24, 2.45) is 0 Å². The molecule has 0 aromatic heterocycles. The van der Waals surface area contributed by atoms with E-state index in [1.54, 1.807) is 24.3 Å². The van der Waals surface area contributed by atoms with E-state index >= 15 is 0 Å². The normalized spacial score (nSPS) is 14.8. The molecule has 1 aliphatic rings. The molecule has 1 heterocycles. The SMILES string of the molecule is O=C(CNC(=O)c1ccccc1)NCCCN1CCCCCC1=O. The first-order chi connectivity index (χ1) is 11.7. The summed E-state index contributed by atoms with van der Waals surface area (Å²) in [6.07, 6.45) is 4.51. The number of likely N-dealkylation sites (tertiary alicyclic amines) is 1. The van der Waals surface area contributed by atoms with E-state index in [-0.39, 0.29) is 24.3 Å². The molecule has 0 unspecified atom stereocenters. The summed E-state index contributed by atoms with van der Waals surface area (Å²) in [6.45, 7) is 1.95. The molecule has 1 aromatic carbocycles. The van der Waals surface area contributed by atoms with Crippen molar-refractivity contribution in [2.75, 3.05) is 26.2 Å². The number of carbonyl (C=O) groups is 3. The van der Waals surface area contributed by atoms with Gasteiger partial charge in [0.25, 0.3) is 5.91 Å². The van der Waals surface area contributed by atoms with Crippen molar-refractivity contribution in [3.05, 3.63) is 35.9 Å². The van der Waals surface area contributed by atoms with Crippen molar-refractivity contribution in [1.29, 1.82) is 0 Å². The van der Waals surface area contributed by atoms with Crippen molar-refractivity contribution >= 4 is 17.7 Å². The van der Waals surface area contributed by atoms with Crippen LogP contribution in [0, 0.1) is 0 Å². The summed E-state index contributed by atoms with van der Waals surface area (Å²) in [5.41, 5.74) is 0.532. The molecular weight excluding hydrogens is 306 g/mol. The summed E-state index contributed by atoms with van der Waals surface area (Å²) in [5, 5.41) is 5.36. The second kappa shape index (κ2) is 9.70. The molecule has 0 spiro atoms. The van der Waals surface area contributed by atoms with E-state index in [1.807, 2.05) is 11.0 Å². The van der Waals surface area contributed by atoms with Crippen molar-refractivity contribution < 1.29 is 14.4 Å². The lowest BCUT2D eigenvalue weighted by Crippen LogP contribution is -2.38. The summed E-state index contributed by atoms with van der Waals surface area (Å²) in [6, 6.07) is 8.79. The zero-order valence-corrected chi connectivity index (χ0v) is 13.9. The van der Waals surface area contributed by atoms with Crippen LogP contribution in [-0.2, 0) is 9.59 Å². The number of carbonyl (C=O) groups excluding carboxylic acids is 3. The van der Waals surface area contributed by atoms with Crippen LogP contribution < -0.4 is 10.6 Å². The predicted octanol–water partition coefficient (Wildman–Crippen LogP) is 1.33. The van der Waals surface area contributed by atoms with Gasteiger partial charge in [0.05, 0.1) is 6.54 Å². The Kier molecular flexibility index (Phi) is 7.26. The highest BCUT2D eigenvalue weighted by Gasteiger charge is 2.15. The monoisotopic (exact) mass is 331 g/mol. The average Bonchev–Trinajstić information content (AvgIpc) is 2.81. The summed E-state index contributed by atoms with van der Waals surface area (Å²) in [4.78, 5) is 37.3. The topological polar surface area (TPSA) is 78.5 Å². The van der Waals surface area contributed by atoms with Crippen LogP contribution in [0.2, 0.25) is 0 Å². The standard InChI is InChI=1S/C18H25N3O3/c22-16(14-20-18(24)15-8-3-1-4-9-15)19-11-7-13-21-12-6-2-5-10-17(21)23/h1,3-4,8-9H,2,5-7,10-14H2,(H,19,22)(H,20,24). The van der Waals surface area contributed by atoms with Crippen LogP contribution in [0.25, 0.3) is 0 Å². The average molecular weight is 331 g/mol. The molecule has 6 nitrogen and oxygen atoms in total. The van der Waals surface area contributed by atoms with E-state index in [1.165, 1.54) is 0 Å². The molecule has 2 rings (SSSR count). The fourth-order valence-electron chi connectivity index (χ4n) is 2.69. The zero-order chi connectivity index (χ0) is 17.2. The molecule has 1 saturated heterocycles. The predicted molar refractivity (Wildman–Crippen MR) is 91.4 cm³/mol. The number of hydrogen-bond donors (Lipinski definition) is 2. The summed E-state index contributed by atoms with van der Waals surface area (Å²) < 4.78 is 0. The van der Waals surface area contributed by atoms with E-state index in [4.69, 9.17) is 0 Å². The summed E-state index contributed by atoms with van der Waals surface area (Å²) >= 11 is 0. The molecule has 2 N–H and O–H groups in total. The molecule has 0 radical (unpaired) electrons. The first-order valence-electron chi connectivity index (χ1n) is 8.54. The van der Waals surface area contributed by atoms with Crippen LogP contribution in [0.1, 0.15) is 42.5 Å². The minimum atomic E-state index is -0.263. The molecule has 0 saturated carbocycles. The van der Waals surface area contributed by atoms with Crippen molar-refractivity contribution in [3.8, 4) is 0 Å². The highest BCUT2D eigenvalue weighted by molar-refractivity contribution is 5.96. The molecule has 1 aromatic rings. The maximum absolute atomic E-state index is 11.8. The van der Waals surface area contributed by atoms with E-state index in [0.29, 0.717) is 25.1 Å². The van der Waals surface area contributed by atoms with Crippen LogP contribution in [0.5, 0.6) is 0 Å². The highest BCUT2D eigenvalue weighted by Crippen LogP contribution is 2.11. The Hall–Kier alpha value is -2.37. The van der Waals surface area contributed by atoms with Gasteiger partial charge < -0.3 is 15.5 Å². The number of benzene rings is 1. The fraction of sp³-hybridized carbons (Fsp3) is 0.500. The lowest BCUT2D eigenvalue weighted by Gasteiger charge is -2.20. The third-order valence-corrected chi connectivity index (χ3v) is 4.04. The highest BCUT2D eigenvalue weighted by atomic mass is 16.2. The summed E-state index contributed by atoms with van der Waals surface area (Å²) in [5.74, 6) is -0.267. The van der Waals surface area contributed by atoms with Crippen LogP contribution in [0.4, 0.5) is 0 Å². The molecule has 24 heavy (non-hydrogen) atoms. The first kappa shape index (κ1) is 18.0. The fourth-order valence-corrected chi connectivity index (χ4v) is 2.69. The first-order valence-corrected chi connectivity index (χ1v) is 8.54. The molecule has 3 amide bonds. The second-order valence-electron chi connectivity index (χ2n) is 5.94. The van der Waals surface area contributed by atoms with Gasteiger partial charge in [-0.3, -0.25) is 14.4 Å². The lowest BCUT2D eigenvalue weighted by molar-refractivity contribution is -0.130. The van der Waals surface area contributed by atoms with Crippen molar-refractivity contribution in [3.63, 3.8) is 0 Å². The van der Waals surface area contributed by atoms with Gasteiger partial charge in [0, 0.05) is 31.6 Å². The van der Waals surface area contributed by atoms with Gasteiger partial charge in [0.1, 0.15) is 0 Å². The van der Waals surface area contributed by atoms with E-state index < -0.39 is 0 Å². The molecule has 130 valence electrons. The van der Waals surface area contributed by atoms with Gasteiger partial charge in [0.2, 0.25) is 11.8 Å². The van der Waals surface area contributed by atoms with Crippen LogP contribution in [0.15, 0.2) is 30.3 Å². The zero-order valence-electron chi connectivity index (χ0n) is 13.9. The quantitative estimate of drug-likeness (QED) is 0.740. The van der Waals surface area contributed by atoms with Gasteiger partial charge in [-0.15, -0.1) is 0 Å². The van der Waals surface area contributed by atoms with Crippen LogP contribution in [0.3, 0.4) is 0 Å². The smallest absolute Gasteiger partial charge is 0.251 e. The summed E-state index contributed by atoms with van der Waals surface area (Å²) in [7, 11) is 0. The van der Waals surface area contributed by atoms with Gasteiger partial charge in [0.15, 0.2) is 0 Å². The van der Waals surface area contributed by atoms with Gasteiger partial charge >= 0.3 is 0 Å². The van der Waals surface area contributed by atoms with Gasteiger partial charge in [-0.05, 0) is 31.4 Å².